The van der Waals surface area contributed by atoms with Crippen molar-refractivity contribution < 1.29 is 13.6 Å². The summed E-state index contributed by atoms with van der Waals surface area (Å²) in [7, 11) is 0. The van der Waals surface area contributed by atoms with Crippen LogP contribution in [0.2, 0.25) is 0 Å². The number of nitrogens with zero attached hydrogens (tertiary/aromatic N) is 2. The lowest BCUT2D eigenvalue weighted by atomic mass is 10.2. The van der Waals surface area contributed by atoms with E-state index in [1.165, 1.54) is 0 Å². The monoisotopic (exact) mass is 197 g/mol. The van der Waals surface area contributed by atoms with Crippen LogP contribution >= 0.6 is 0 Å². The first-order chi connectivity index (χ1) is 6.56. The number of amides is 1. The van der Waals surface area contributed by atoms with Crippen LogP contribution in [0.4, 0.5) is 14.5 Å². The highest BCUT2D eigenvalue weighted by Gasteiger charge is 2.18. The number of primary amides is 1. The van der Waals surface area contributed by atoms with Crippen molar-refractivity contribution in [3.8, 4) is 0 Å². The van der Waals surface area contributed by atoms with Gasteiger partial charge in [-0.3, -0.25) is 9.78 Å². The van der Waals surface area contributed by atoms with Crippen molar-refractivity contribution in [3.05, 3.63) is 34.9 Å². The minimum atomic E-state index is -2.88. The number of aromatic nitrogens is 1. The molecule has 6 heteroatoms. The molecule has 0 unspecified atom stereocenters. The summed E-state index contributed by atoms with van der Waals surface area (Å²) in [6, 6.07) is 1.00. The molecule has 0 aromatic carbocycles. The van der Waals surface area contributed by atoms with Gasteiger partial charge in [0.05, 0.1) is 12.1 Å². The number of rotatable bonds is 2. The Kier molecular flexibility index (Phi) is 2.72. The molecule has 1 amide bonds. The molecular formula is C8H5F2N3O. The van der Waals surface area contributed by atoms with E-state index in [-0.39, 0.29) is 5.69 Å². The molecule has 14 heavy (non-hydrogen) atoms. The number of carbonyl (C=O) groups excluding carboxylic acids is 1. The van der Waals surface area contributed by atoms with E-state index in [2.05, 4.69) is 9.83 Å². The summed E-state index contributed by atoms with van der Waals surface area (Å²) in [5.74, 6) is -1.02. The molecule has 0 spiro atoms. The van der Waals surface area contributed by atoms with Gasteiger partial charge in [0.15, 0.2) is 0 Å². The van der Waals surface area contributed by atoms with Gasteiger partial charge in [0.1, 0.15) is 5.69 Å². The molecule has 0 bridgehead atoms. The van der Waals surface area contributed by atoms with Crippen molar-refractivity contribution >= 4 is 11.6 Å². The maximum atomic E-state index is 12.3. The summed E-state index contributed by atoms with van der Waals surface area (Å²) in [6.07, 6.45) is -1.90. The SMILES string of the molecule is [C-]#[N+]c1cnc(C(F)F)c(C(N)=O)c1. The topological polar surface area (TPSA) is 60.3 Å². The highest BCUT2D eigenvalue weighted by atomic mass is 19.3. The first-order valence-electron chi connectivity index (χ1n) is 3.51. The van der Waals surface area contributed by atoms with Crippen molar-refractivity contribution in [2.75, 3.05) is 0 Å². The Hall–Kier alpha value is -2.03. The van der Waals surface area contributed by atoms with Crippen molar-refractivity contribution in [2.24, 2.45) is 5.73 Å². The van der Waals surface area contributed by atoms with E-state index in [0.717, 1.165) is 12.3 Å². The number of carbonyl (C=O) groups is 1. The van der Waals surface area contributed by atoms with Gasteiger partial charge in [-0.25, -0.2) is 13.6 Å². The third-order valence-corrected chi connectivity index (χ3v) is 1.51. The average Bonchev–Trinajstić information content (AvgIpc) is 2.16. The van der Waals surface area contributed by atoms with Gasteiger partial charge in [0, 0.05) is 6.20 Å². The Morgan fingerprint density at radius 1 is 1.64 bits per heavy atom. The van der Waals surface area contributed by atoms with Crippen LogP contribution in [0.5, 0.6) is 0 Å². The maximum Gasteiger partial charge on any atom is 0.281 e. The summed E-state index contributed by atoms with van der Waals surface area (Å²) in [6.45, 7) is 6.60. The Bertz CT molecular complexity index is 412. The maximum absolute atomic E-state index is 12.3. The first kappa shape index (κ1) is 10.1. The normalized spacial score (nSPS) is 9.86. The number of alkyl halides is 2. The molecule has 1 rings (SSSR count). The lowest BCUT2D eigenvalue weighted by Gasteiger charge is -2.04. The lowest BCUT2D eigenvalue weighted by molar-refractivity contribution is 0.0983. The molecule has 0 saturated carbocycles. The van der Waals surface area contributed by atoms with E-state index in [1.54, 1.807) is 0 Å². The summed E-state index contributed by atoms with van der Waals surface area (Å²) >= 11 is 0. The molecule has 0 aliphatic rings. The molecule has 1 heterocycles. The van der Waals surface area contributed by atoms with Gasteiger partial charge in [0.25, 0.3) is 6.43 Å². The molecule has 0 fully saturated rings. The zero-order chi connectivity index (χ0) is 10.7. The molecule has 72 valence electrons. The minimum Gasteiger partial charge on any atom is -0.366 e. The minimum absolute atomic E-state index is 0.00296. The average molecular weight is 197 g/mol. The van der Waals surface area contributed by atoms with Crippen LogP contribution < -0.4 is 5.73 Å². The molecule has 4 nitrogen and oxygen atoms in total. The van der Waals surface area contributed by atoms with E-state index in [4.69, 9.17) is 12.3 Å². The molecule has 0 radical (unpaired) electrons. The van der Waals surface area contributed by atoms with Crippen LogP contribution in [0.25, 0.3) is 4.85 Å². The van der Waals surface area contributed by atoms with Gasteiger partial charge in [0.2, 0.25) is 11.6 Å². The molecular weight excluding hydrogens is 192 g/mol. The van der Waals surface area contributed by atoms with Gasteiger partial charge >= 0.3 is 0 Å². The number of hydrogen-bond acceptors (Lipinski definition) is 2. The van der Waals surface area contributed by atoms with Crippen LogP contribution in [0.3, 0.4) is 0 Å². The Balaban J connectivity index is 3.33. The van der Waals surface area contributed by atoms with Crippen LogP contribution in [0, 0.1) is 6.57 Å². The van der Waals surface area contributed by atoms with Crippen LogP contribution in [-0.4, -0.2) is 10.9 Å². The molecule has 1 aromatic rings. The molecule has 0 aliphatic carbocycles. The van der Waals surface area contributed by atoms with Crippen molar-refractivity contribution in [2.45, 2.75) is 6.43 Å². The van der Waals surface area contributed by atoms with E-state index in [1.807, 2.05) is 0 Å². The van der Waals surface area contributed by atoms with Gasteiger partial charge in [-0.15, -0.1) is 0 Å². The van der Waals surface area contributed by atoms with Crippen molar-refractivity contribution in [1.29, 1.82) is 0 Å². The fourth-order valence-corrected chi connectivity index (χ4v) is 0.897. The summed E-state index contributed by atoms with van der Waals surface area (Å²) < 4.78 is 24.6. The number of nitrogens with two attached hydrogens (primary N) is 1. The summed E-state index contributed by atoms with van der Waals surface area (Å²) in [5.41, 5.74) is 3.77. The van der Waals surface area contributed by atoms with Crippen molar-refractivity contribution in [3.63, 3.8) is 0 Å². The van der Waals surface area contributed by atoms with E-state index >= 15 is 0 Å². The number of pyridine rings is 1. The van der Waals surface area contributed by atoms with Gasteiger partial charge < -0.3 is 5.73 Å². The van der Waals surface area contributed by atoms with E-state index in [9.17, 15) is 13.6 Å². The highest BCUT2D eigenvalue weighted by molar-refractivity contribution is 5.94. The fraction of sp³-hybridized carbons (Fsp3) is 0.125. The fourth-order valence-electron chi connectivity index (χ4n) is 0.897. The van der Waals surface area contributed by atoms with E-state index in [0.29, 0.717) is 0 Å². The van der Waals surface area contributed by atoms with Crippen LogP contribution in [0.15, 0.2) is 12.3 Å². The second kappa shape index (κ2) is 3.79. The van der Waals surface area contributed by atoms with Crippen molar-refractivity contribution in [1.82, 2.24) is 4.98 Å². The lowest BCUT2D eigenvalue weighted by Crippen LogP contribution is -2.14. The Morgan fingerprint density at radius 2 is 2.29 bits per heavy atom. The van der Waals surface area contributed by atoms with E-state index < -0.39 is 23.6 Å². The number of hydrogen-bond donors (Lipinski definition) is 1. The highest BCUT2D eigenvalue weighted by Crippen LogP contribution is 2.23. The largest absolute Gasteiger partial charge is 0.366 e. The Morgan fingerprint density at radius 3 is 2.71 bits per heavy atom. The second-order valence-electron chi connectivity index (χ2n) is 2.40. The third kappa shape index (κ3) is 1.82. The molecule has 2 N–H and O–H groups in total. The smallest absolute Gasteiger partial charge is 0.281 e. The molecule has 0 atom stereocenters. The van der Waals surface area contributed by atoms with Crippen LogP contribution in [0.1, 0.15) is 22.5 Å². The quantitative estimate of drug-likeness (QED) is 0.733. The summed E-state index contributed by atoms with van der Waals surface area (Å²) in [4.78, 5) is 17.0. The third-order valence-electron chi connectivity index (χ3n) is 1.51. The zero-order valence-electron chi connectivity index (χ0n) is 6.87. The Labute approximate surface area is 78.2 Å². The van der Waals surface area contributed by atoms with Gasteiger partial charge in [-0.05, 0) is 6.07 Å². The predicted molar refractivity (Wildman–Crippen MR) is 44.0 cm³/mol. The molecule has 1 aromatic heterocycles. The second-order valence-corrected chi connectivity index (χ2v) is 2.40. The van der Waals surface area contributed by atoms with Crippen LogP contribution in [-0.2, 0) is 0 Å². The zero-order valence-corrected chi connectivity index (χ0v) is 6.87. The summed E-state index contributed by atoms with van der Waals surface area (Å²) in [5, 5.41) is 0. The number of halogens is 2. The molecule has 0 saturated heterocycles. The molecule has 0 aliphatic heterocycles. The van der Waals surface area contributed by atoms with Gasteiger partial charge in [-0.1, -0.05) is 0 Å². The predicted octanol–water partition coefficient (Wildman–Crippen LogP) is 1.67. The first-order valence-corrected chi connectivity index (χ1v) is 3.51. The van der Waals surface area contributed by atoms with Gasteiger partial charge in [-0.2, -0.15) is 0 Å². The standard InChI is InChI=1S/C8H5F2N3O/c1-12-4-2-5(8(11)14)6(7(9)10)13-3-4/h2-3,7H,(H2,11,14).